The summed E-state index contributed by atoms with van der Waals surface area (Å²) in [5, 5.41) is 0.543. The molecule has 0 spiro atoms. The topological polar surface area (TPSA) is 68.6 Å². The van der Waals surface area contributed by atoms with Crippen LogP contribution in [-0.4, -0.2) is 46.8 Å². The molecule has 0 aliphatic carbocycles. The molecular weight excluding hydrogens is 416 g/mol. The summed E-state index contributed by atoms with van der Waals surface area (Å²) < 4.78 is 6.99. The smallest absolute Gasteiger partial charge is 0.355 e. The number of amides is 1. The van der Waals surface area contributed by atoms with E-state index in [0.717, 1.165) is 0 Å². The summed E-state index contributed by atoms with van der Waals surface area (Å²) in [7, 11) is 0. The molecule has 0 saturated heterocycles. The van der Waals surface area contributed by atoms with Gasteiger partial charge in [-0.1, -0.05) is 25.4 Å². The summed E-state index contributed by atoms with van der Waals surface area (Å²) in [6, 6.07) is 6.63. The van der Waals surface area contributed by atoms with Crippen molar-refractivity contribution in [3.05, 3.63) is 57.4 Å². The van der Waals surface area contributed by atoms with Crippen LogP contribution in [0.25, 0.3) is 0 Å². The van der Waals surface area contributed by atoms with Crippen LogP contribution in [0.15, 0.2) is 24.3 Å². The van der Waals surface area contributed by atoms with Gasteiger partial charge in [0.15, 0.2) is 5.78 Å². The van der Waals surface area contributed by atoms with E-state index in [1.807, 2.05) is 27.7 Å². The van der Waals surface area contributed by atoms with E-state index >= 15 is 0 Å². The van der Waals surface area contributed by atoms with E-state index in [-0.39, 0.29) is 30.8 Å². The molecule has 0 aliphatic rings. The average molecular weight is 447 g/mol. The third-order valence-electron chi connectivity index (χ3n) is 5.13. The number of carbonyl (C=O) groups is 3. The predicted molar refractivity (Wildman–Crippen MR) is 122 cm³/mol. The maximum atomic E-state index is 13.3. The minimum atomic E-state index is -0.444. The molecule has 1 amide bonds. The molecule has 0 unspecified atom stereocenters. The number of hydrogen-bond acceptors (Lipinski definition) is 4. The van der Waals surface area contributed by atoms with Crippen LogP contribution in [0.1, 0.15) is 70.2 Å². The number of carbonyl (C=O) groups excluding carboxylic acids is 3. The summed E-state index contributed by atoms with van der Waals surface area (Å²) in [4.78, 5) is 40.5. The summed E-state index contributed by atoms with van der Waals surface area (Å²) in [6.07, 6.45) is 0. The van der Waals surface area contributed by atoms with Gasteiger partial charge >= 0.3 is 5.97 Å². The molecule has 2 rings (SSSR count). The Bertz CT molecular complexity index is 961. The van der Waals surface area contributed by atoms with Crippen molar-refractivity contribution in [1.29, 1.82) is 0 Å². The van der Waals surface area contributed by atoms with Crippen molar-refractivity contribution >= 4 is 29.3 Å². The average Bonchev–Trinajstić information content (AvgIpc) is 2.96. The zero-order chi connectivity index (χ0) is 23.3. The van der Waals surface area contributed by atoms with Gasteiger partial charge in [-0.25, -0.2) is 4.79 Å². The highest BCUT2D eigenvalue weighted by Gasteiger charge is 2.29. The van der Waals surface area contributed by atoms with Crippen LogP contribution in [0, 0.1) is 19.8 Å². The molecule has 0 fully saturated rings. The van der Waals surface area contributed by atoms with Gasteiger partial charge in [0.05, 0.1) is 13.2 Å². The molecule has 0 aliphatic heterocycles. The highest BCUT2D eigenvalue weighted by Crippen LogP contribution is 2.24. The lowest BCUT2D eigenvalue weighted by Gasteiger charge is -2.24. The van der Waals surface area contributed by atoms with E-state index in [9.17, 15) is 14.4 Å². The van der Waals surface area contributed by atoms with Crippen molar-refractivity contribution < 1.29 is 19.1 Å². The first-order valence-corrected chi connectivity index (χ1v) is 10.9. The van der Waals surface area contributed by atoms with Crippen LogP contribution in [0.3, 0.4) is 0 Å². The van der Waals surface area contributed by atoms with Crippen molar-refractivity contribution in [2.45, 2.75) is 48.1 Å². The van der Waals surface area contributed by atoms with Crippen LogP contribution < -0.4 is 0 Å². The van der Waals surface area contributed by atoms with E-state index in [1.54, 1.807) is 47.6 Å². The number of ketones is 1. The number of halogens is 1. The van der Waals surface area contributed by atoms with E-state index in [1.165, 1.54) is 0 Å². The minimum Gasteiger partial charge on any atom is -0.461 e. The van der Waals surface area contributed by atoms with Gasteiger partial charge in [0.25, 0.3) is 5.91 Å². The number of Topliss-reactive ketones (excluding diaryl/α,β-unsaturated/α-hetero) is 1. The Hall–Kier alpha value is -2.60. The first-order valence-electron chi connectivity index (χ1n) is 10.6. The Labute approximate surface area is 189 Å². The SMILES string of the molecule is CCOC(=O)c1c(C)c(C(=O)CN(CC(C)C)C(=O)c2ccc(Cl)cc2)c(C)n1CC. The van der Waals surface area contributed by atoms with Gasteiger partial charge in [-0.05, 0) is 63.4 Å². The van der Waals surface area contributed by atoms with Gasteiger partial charge < -0.3 is 14.2 Å². The third kappa shape index (κ3) is 5.56. The molecule has 0 radical (unpaired) electrons. The fourth-order valence-corrected chi connectivity index (χ4v) is 3.98. The van der Waals surface area contributed by atoms with Gasteiger partial charge in [-0.2, -0.15) is 0 Å². The molecular formula is C24H31ClN2O4. The molecule has 0 atom stereocenters. The number of benzene rings is 1. The first kappa shape index (κ1) is 24.7. The van der Waals surface area contributed by atoms with Crippen molar-refractivity contribution in [3.63, 3.8) is 0 Å². The Morgan fingerprint density at radius 1 is 1.10 bits per heavy atom. The summed E-state index contributed by atoms with van der Waals surface area (Å²) >= 11 is 5.94. The van der Waals surface area contributed by atoms with Crippen LogP contribution >= 0.6 is 11.6 Å². The molecule has 6 nitrogen and oxygen atoms in total. The Kier molecular flexibility index (Phi) is 8.45. The molecule has 7 heteroatoms. The highest BCUT2D eigenvalue weighted by atomic mass is 35.5. The number of ether oxygens (including phenoxy) is 1. The molecule has 0 N–H and O–H groups in total. The van der Waals surface area contributed by atoms with Gasteiger partial charge in [0.2, 0.25) is 0 Å². The first-order chi connectivity index (χ1) is 14.6. The number of hydrogen-bond donors (Lipinski definition) is 0. The fourth-order valence-electron chi connectivity index (χ4n) is 3.85. The second-order valence-electron chi connectivity index (χ2n) is 7.91. The van der Waals surface area contributed by atoms with Gasteiger partial charge in [0, 0.05) is 34.9 Å². The second kappa shape index (κ2) is 10.6. The maximum Gasteiger partial charge on any atom is 0.355 e. The largest absolute Gasteiger partial charge is 0.461 e. The lowest BCUT2D eigenvalue weighted by atomic mass is 10.0. The van der Waals surface area contributed by atoms with Crippen LogP contribution in [0.5, 0.6) is 0 Å². The van der Waals surface area contributed by atoms with E-state index < -0.39 is 5.97 Å². The maximum absolute atomic E-state index is 13.3. The lowest BCUT2D eigenvalue weighted by molar-refractivity contribution is 0.0512. The molecule has 31 heavy (non-hydrogen) atoms. The molecule has 1 aromatic heterocycles. The Morgan fingerprint density at radius 3 is 2.23 bits per heavy atom. The van der Waals surface area contributed by atoms with Crippen LogP contribution in [-0.2, 0) is 11.3 Å². The number of nitrogens with zero attached hydrogens (tertiary/aromatic N) is 2. The zero-order valence-corrected chi connectivity index (χ0v) is 19.9. The molecule has 1 heterocycles. The third-order valence-corrected chi connectivity index (χ3v) is 5.38. The number of aromatic nitrogens is 1. The van der Waals surface area contributed by atoms with Crippen molar-refractivity contribution in [3.8, 4) is 0 Å². The Morgan fingerprint density at radius 2 is 1.71 bits per heavy atom. The summed E-state index contributed by atoms with van der Waals surface area (Å²) in [5.41, 5.74) is 2.64. The Balaban J connectivity index is 2.40. The molecule has 168 valence electrons. The summed E-state index contributed by atoms with van der Waals surface area (Å²) in [6.45, 7) is 12.4. The second-order valence-corrected chi connectivity index (χ2v) is 8.34. The summed E-state index contributed by atoms with van der Waals surface area (Å²) in [5.74, 6) is -0.688. The minimum absolute atomic E-state index is 0.0721. The van der Waals surface area contributed by atoms with Crippen molar-refractivity contribution in [2.24, 2.45) is 5.92 Å². The van der Waals surface area contributed by atoms with Crippen molar-refractivity contribution in [2.75, 3.05) is 19.7 Å². The van der Waals surface area contributed by atoms with Gasteiger partial charge in [-0.3, -0.25) is 9.59 Å². The van der Waals surface area contributed by atoms with Crippen LogP contribution in [0.2, 0.25) is 5.02 Å². The van der Waals surface area contributed by atoms with E-state index in [0.29, 0.717) is 46.2 Å². The quantitative estimate of drug-likeness (QED) is 0.404. The monoisotopic (exact) mass is 446 g/mol. The molecule has 2 aromatic rings. The normalized spacial score (nSPS) is 11.0. The molecule has 0 bridgehead atoms. The standard InChI is InChI=1S/C24H31ClN2O4/c1-7-27-17(6)21(16(5)22(27)24(30)31-8-2)20(28)14-26(13-15(3)4)23(29)18-9-11-19(25)12-10-18/h9-12,15H,7-8,13-14H2,1-6H3. The van der Waals surface area contributed by atoms with Gasteiger partial charge in [0.1, 0.15) is 5.69 Å². The molecule has 0 saturated carbocycles. The van der Waals surface area contributed by atoms with Crippen LogP contribution in [0.4, 0.5) is 0 Å². The molecule has 1 aromatic carbocycles. The zero-order valence-electron chi connectivity index (χ0n) is 19.1. The highest BCUT2D eigenvalue weighted by molar-refractivity contribution is 6.30. The lowest BCUT2D eigenvalue weighted by Crippen LogP contribution is -2.38. The predicted octanol–water partition coefficient (Wildman–Crippen LogP) is 4.94. The number of esters is 1. The van der Waals surface area contributed by atoms with Crippen molar-refractivity contribution in [1.82, 2.24) is 9.47 Å². The number of rotatable bonds is 9. The van der Waals surface area contributed by atoms with E-state index in [2.05, 4.69) is 0 Å². The van der Waals surface area contributed by atoms with Gasteiger partial charge in [-0.15, -0.1) is 0 Å². The fraction of sp³-hybridized carbons (Fsp3) is 0.458. The van der Waals surface area contributed by atoms with E-state index in [4.69, 9.17) is 16.3 Å².